The van der Waals surface area contributed by atoms with Crippen molar-refractivity contribution in [1.29, 1.82) is 0 Å². The van der Waals surface area contributed by atoms with Crippen LogP contribution in [0.3, 0.4) is 0 Å². The number of H-pyrrole nitrogens is 1. The van der Waals surface area contributed by atoms with E-state index < -0.39 is 5.91 Å². The highest BCUT2D eigenvalue weighted by Crippen LogP contribution is 2.17. The molecule has 18 heavy (non-hydrogen) atoms. The van der Waals surface area contributed by atoms with Crippen molar-refractivity contribution in [2.75, 3.05) is 25.0 Å². The van der Waals surface area contributed by atoms with Gasteiger partial charge >= 0.3 is 0 Å². The van der Waals surface area contributed by atoms with E-state index in [-0.39, 0.29) is 5.91 Å². The molecule has 0 saturated carbocycles. The number of nitrogens with zero attached hydrogens (tertiary/aromatic N) is 1. The fourth-order valence-corrected chi connectivity index (χ4v) is 1.77. The highest BCUT2D eigenvalue weighted by Gasteiger charge is 2.16. The molecule has 6 heteroatoms. The fourth-order valence-electron chi connectivity index (χ4n) is 1.77. The van der Waals surface area contributed by atoms with E-state index in [1.54, 1.807) is 13.1 Å². The van der Waals surface area contributed by atoms with E-state index in [1.165, 1.54) is 0 Å². The van der Waals surface area contributed by atoms with Crippen molar-refractivity contribution in [2.24, 2.45) is 5.73 Å². The van der Waals surface area contributed by atoms with Crippen LogP contribution in [0.4, 0.5) is 5.82 Å². The molecule has 1 heterocycles. The minimum absolute atomic E-state index is 0.164. The van der Waals surface area contributed by atoms with Crippen LogP contribution < -0.4 is 11.1 Å². The molecule has 4 N–H and O–H groups in total. The molecule has 1 aromatic rings. The van der Waals surface area contributed by atoms with E-state index in [1.807, 2.05) is 18.7 Å². The zero-order valence-electron chi connectivity index (χ0n) is 11.0. The predicted octanol–water partition coefficient (Wildman–Crippen LogP) is 0.702. The van der Waals surface area contributed by atoms with Gasteiger partial charge in [0, 0.05) is 6.20 Å². The van der Waals surface area contributed by atoms with E-state index in [2.05, 4.69) is 10.3 Å². The number of aromatic nitrogens is 1. The molecule has 0 radical (unpaired) electrons. The molecule has 100 valence electrons. The number of aromatic amines is 1. The Bertz CT molecular complexity index is 435. The van der Waals surface area contributed by atoms with Gasteiger partial charge in [-0.2, -0.15) is 0 Å². The van der Waals surface area contributed by atoms with Gasteiger partial charge in [-0.05, 0) is 25.6 Å². The summed E-state index contributed by atoms with van der Waals surface area (Å²) in [4.78, 5) is 27.9. The molecule has 0 spiro atoms. The van der Waals surface area contributed by atoms with E-state index in [4.69, 9.17) is 5.73 Å². The highest BCUT2D eigenvalue weighted by atomic mass is 16.2. The van der Waals surface area contributed by atoms with E-state index in [0.717, 1.165) is 18.7 Å². The van der Waals surface area contributed by atoms with Crippen molar-refractivity contribution in [3.8, 4) is 0 Å². The lowest BCUT2D eigenvalue weighted by atomic mass is 10.2. The van der Waals surface area contributed by atoms with Gasteiger partial charge in [0.2, 0.25) is 5.91 Å². The summed E-state index contributed by atoms with van der Waals surface area (Å²) in [7, 11) is 0. The van der Waals surface area contributed by atoms with Crippen molar-refractivity contribution < 1.29 is 9.59 Å². The fraction of sp³-hybridized carbons (Fsp3) is 0.500. The molecule has 1 aromatic heterocycles. The number of rotatable bonds is 6. The first kappa shape index (κ1) is 14.2. The minimum atomic E-state index is -0.549. The van der Waals surface area contributed by atoms with Crippen LogP contribution in [-0.4, -0.2) is 41.3 Å². The number of hydrogen-bond acceptors (Lipinski definition) is 3. The third-order valence-electron chi connectivity index (χ3n) is 2.85. The van der Waals surface area contributed by atoms with Gasteiger partial charge in [0.25, 0.3) is 5.91 Å². The summed E-state index contributed by atoms with van der Waals surface area (Å²) in [6, 6.07) is 0. The Labute approximate surface area is 107 Å². The summed E-state index contributed by atoms with van der Waals surface area (Å²) in [5.41, 5.74) is 6.33. The second-order valence-electron chi connectivity index (χ2n) is 4.10. The molecule has 0 bridgehead atoms. The summed E-state index contributed by atoms with van der Waals surface area (Å²) in [5.74, 6) is -0.341. The van der Waals surface area contributed by atoms with Crippen molar-refractivity contribution >= 4 is 17.6 Å². The Morgan fingerprint density at radius 2 is 2.00 bits per heavy atom. The SMILES string of the molecule is CCN(CC)CC(=O)Nc1[nH]cc(C)c1C(N)=O. The average molecular weight is 252 g/mol. The smallest absolute Gasteiger partial charge is 0.252 e. The van der Waals surface area contributed by atoms with Gasteiger partial charge in [-0.25, -0.2) is 0 Å². The molecular formula is C12H20N4O2. The minimum Gasteiger partial charge on any atom is -0.365 e. The maximum absolute atomic E-state index is 11.8. The van der Waals surface area contributed by atoms with Crippen LogP contribution in [0.2, 0.25) is 0 Å². The van der Waals surface area contributed by atoms with E-state index in [9.17, 15) is 9.59 Å². The Morgan fingerprint density at radius 1 is 1.39 bits per heavy atom. The van der Waals surface area contributed by atoms with Gasteiger partial charge in [-0.15, -0.1) is 0 Å². The summed E-state index contributed by atoms with van der Waals surface area (Å²) in [6.45, 7) is 7.64. The second-order valence-corrected chi connectivity index (χ2v) is 4.10. The number of carbonyl (C=O) groups excluding carboxylic acids is 2. The molecule has 0 atom stereocenters. The Kier molecular flexibility index (Phi) is 4.91. The van der Waals surface area contributed by atoms with Gasteiger partial charge in [-0.1, -0.05) is 13.8 Å². The Balaban J connectivity index is 2.73. The number of amides is 2. The number of carbonyl (C=O) groups is 2. The molecule has 0 saturated heterocycles. The van der Waals surface area contributed by atoms with Crippen LogP contribution in [-0.2, 0) is 4.79 Å². The maximum atomic E-state index is 11.8. The number of nitrogens with two attached hydrogens (primary N) is 1. The van der Waals surface area contributed by atoms with Crippen molar-refractivity contribution in [2.45, 2.75) is 20.8 Å². The lowest BCUT2D eigenvalue weighted by Gasteiger charge is -2.17. The second kappa shape index (κ2) is 6.20. The first-order valence-corrected chi connectivity index (χ1v) is 5.99. The number of aryl methyl sites for hydroxylation is 1. The summed E-state index contributed by atoms with van der Waals surface area (Å²) in [5, 5.41) is 2.67. The molecule has 0 aromatic carbocycles. The molecule has 0 aliphatic carbocycles. The van der Waals surface area contributed by atoms with Crippen LogP contribution in [0, 0.1) is 6.92 Å². The molecule has 0 unspecified atom stereocenters. The molecule has 1 rings (SSSR count). The van der Waals surface area contributed by atoms with Gasteiger partial charge < -0.3 is 16.0 Å². The van der Waals surface area contributed by atoms with E-state index >= 15 is 0 Å². The number of likely N-dealkylation sites (N-methyl/N-ethyl adjacent to an activating group) is 1. The van der Waals surface area contributed by atoms with Crippen molar-refractivity contribution in [3.05, 3.63) is 17.3 Å². The van der Waals surface area contributed by atoms with Crippen LogP contribution in [0.15, 0.2) is 6.20 Å². The summed E-state index contributed by atoms with van der Waals surface area (Å²) < 4.78 is 0. The molecule has 2 amide bonds. The van der Waals surface area contributed by atoms with Crippen LogP contribution in [0.25, 0.3) is 0 Å². The standard InChI is InChI=1S/C12H20N4O2/c1-4-16(5-2)7-9(17)15-12-10(11(13)18)8(3)6-14-12/h6,14H,4-5,7H2,1-3H3,(H2,13,18)(H,15,17). The number of nitrogens with one attached hydrogen (secondary N) is 2. The number of anilines is 1. The normalized spacial score (nSPS) is 10.7. The third kappa shape index (κ3) is 3.33. The number of hydrogen-bond donors (Lipinski definition) is 3. The monoisotopic (exact) mass is 252 g/mol. The molecule has 6 nitrogen and oxygen atoms in total. The largest absolute Gasteiger partial charge is 0.365 e. The lowest BCUT2D eigenvalue weighted by Crippen LogP contribution is -2.33. The molecule has 0 aliphatic rings. The van der Waals surface area contributed by atoms with Gasteiger partial charge in [0.05, 0.1) is 12.1 Å². The van der Waals surface area contributed by atoms with Crippen LogP contribution in [0.1, 0.15) is 29.8 Å². The maximum Gasteiger partial charge on any atom is 0.252 e. The Hall–Kier alpha value is -1.82. The van der Waals surface area contributed by atoms with Crippen LogP contribution >= 0.6 is 0 Å². The first-order valence-electron chi connectivity index (χ1n) is 5.99. The zero-order chi connectivity index (χ0) is 13.7. The van der Waals surface area contributed by atoms with Crippen LogP contribution in [0.5, 0.6) is 0 Å². The topological polar surface area (TPSA) is 91.2 Å². The lowest BCUT2D eigenvalue weighted by molar-refractivity contribution is -0.117. The van der Waals surface area contributed by atoms with Gasteiger partial charge in [0.1, 0.15) is 5.82 Å². The summed E-state index contributed by atoms with van der Waals surface area (Å²) >= 11 is 0. The quantitative estimate of drug-likeness (QED) is 0.696. The zero-order valence-corrected chi connectivity index (χ0v) is 11.0. The average Bonchev–Trinajstić information content (AvgIpc) is 2.67. The van der Waals surface area contributed by atoms with Crippen molar-refractivity contribution in [3.63, 3.8) is 0 Å². The predicted molar refractivity (Wildman–Crippen MR) is 70.5 cm³/mol. The first-order chi connectivity index (χ1) is 8.49. The molecule has 0 fully saturated rings. The van der Waals surface area contributed by atoms with Gasteiger partial charge in [0.15, 0.2) is 0 Å². The third-order valence-corrected chi connectivity index (χ3v) is 2.85. The highest BCUT2D eigenvalue weighted by molar-refractivity contribution is 6.03. The Morgan fingerprint density at radius 3 is 2.50 bits per heavy atom. The molecule has 0 aliphatic heterocycles. The number of primary amides is 1. The van der Waals surface area contributed by atoms with E-state index in [0.29, 0.717) is 17.9 Å². The molecular weight excluding hydrogens is 232 g/mol. The summed E-state index contributed by atoms with van der Waals surface area (Å²) in [6.07, 6.45) is 1.65. The van der Waals surface area contributed by atoms with Gasteiger partial charge in [-0.3, -0.25) is 14.5 Å². The van der Waals surface area contributed by atoms with Crippen molar-refractivity contribution in [1.82, 2.24) is 9.88 Å².